The average molecular weight is 719 g/mol. The monoisotopic (exact) mass is 718 g/mol. The molecule has 0 radical (unpaired) electrons. The number of ether oxygens (including phenoxy) is 4. The van der Waals surface area contributed by atoms with E-state index in [9.17, 15) is 32.2 Å². The number of anilines is 1. The fraction of sp³-hybridized carbons (Fsp3) is 0.639. The summed E-state index contributed by atoms with van der Waals surface area (Å²) in [5.74, 6) is -4.18. The highest BCUT2D eigenvalue weighted by Gasteiger charge is 2.89. The molecule has 7 bridgehead atoms. The van der Waals surface area contributed by atoms with Gasteiger partial charge in [0.25, 0.3) is 10.0 Å². The molecule has 1 heterocycles. The quantitative estimate of drug-likeness (QED) is 0.331. The molecule has 0 amide bonds. The van der Waals surface area contributed by atoms with Crippen molar-refractivity contribution in [3.63, 3.8) is 0 Å². The molecule has 2 aromatic carbocycles. The van der Waals surface area contributed by atoms with Gasteiger partial charge in [0, 0.05) is 69.4 Å². The van der Waals surface area contributed by atoms with Crippen LogP contribution in [0.4, 0.5) is 14.5 Å². The molecular formula is C36H44F2N2O9S. The molecule has 14 heteroatoms. The van der Waals surface area contributed by atoms with Crippen LogP contribution < -0.4 is 4.72 Å². The number of para-hydroxylation sites is 1. The minimum Gasteiger partial charge on any atom is -0.454 e. The summed E-state index contributed by atoms with van der Waals surface area (Å²) in [5.41, 5.74) is -5.14. The summed E-state index contributed by atoms with van der Waals surface area (Å²) in [4.78, 5) is 15.8. The number of rotatable bonds is 9. The molecule has 8 rings (SSSR count). The van der Waals surface area contributed by atoms with E-state index in [0.29, 0.717) is 44.8 Å². The van der Waals surface area contributed by atoms with Crippen molar-refractivity contribution in [1.29, 1.82) is 0 Å². The van der Waals surface area contributed by atoms with E-state index in [4.69, 9.17) is 18.9 Å². The number of carbonyl (C=O) groups is 1. The van der Waals surface area contributed by atoms with Gasteiger partial charge in [-0.15, -0.1) is 0 Å². The van der Waals surface area contributed by atoms with Crippen LogP contribution in [0.2, 0.25) is 0 Å². The lowest BCUT2D eigenvalue weighted by Crippen LogP contribution is -2.83. The van der Waals surface area contributed by atoms with Gasteiger partial charge in [-0.3, -0.25) is 9.62 Å². The van der Waals surface area contributed by atoms with Crippen molar-refractivity contribution in [2.24, 2.45) is 29.1 Å². The number of likely N-dealkylation sites (N-methyl/N-ethyl adjacent to an activating group) is 1. The maximum atomic E-state index is 14.5. The summed E-state index contributed by atoms with van der Waals surface area (Å²) in [5, 5.41) is 25.8. The Balaban J connectivity index is 1.21. The molecule has 12 atom stereocenters. The summed E-state index contributed by atoms with van der Waals surface area (Å²) in [7, 11) is 0.246. The Morgan fingerprint density at radius 3 is 2.50 bits per heavy atom. The van der Waals surface area contributed by atoms with Gasteiger partial charge in [0.15, 0.2) is 0 Å². The molecule has 11 nitrogen and oxygen atoms in total. The summed E-state index contributed by atoms with van der Waals surface area (Å²) >= 11 is 0. The molecule has 1 aliphatic heterocycles. The van der Waals surface area contributed by atoms with Crippen molar-refractivity contribution in [1.82, 2.24) is 4.90 Å². The first-order chi connectivity index (χ1) is 23.8. The van der Waals surface area contributed by atoms with Crippen LogP contribution in [0.15, 0.2) is 47.4 Å². The number of esters is 1. The second-order valence-electron chi connectivity index (χ2n) is 15.2. The third-order valence-corrected chi connectivity index (χ3v) is 15.1. The molecule has 6 aliphatic rings. The van der Waals surface area contributed by atoms with Gasteiger partial charge < -0.3 is 29.2 Å². The van der Waals surface area contributed by atoms with Crippen molar-refractivity contribution >= 4 is 21.7 Å². The second kappa shape index (κ2) is 11.4. The van der Waals surface area contributed by atoms with Gasteiger partial charge in [-0.2, -0.15) is 0 Å². The Morgan fingerprint density at radius 2 is 1.80 bits per heavy atom. The standard InChI is InChI=1S/C36H44F2N2O9S/c1-5-40-18-33(49-32(41)20-8-6-7-9-24(20)39-50(44,45)26-14-19(37)10-11-23(26)38)13-12-29(47-3)35-27(33)16-22(30(35)40)34(42)17-25(46-2)21-15-28(35)36(34,43)31(21)48-4/h6-11,14,21-22,25,27-31,39,42-43H,5,12-13,15-18H2,1-4H3/t21-,22+,25+,27-,28+,29+,30?,31+,33-,34+,35+,36+/m1/s1. The Kier molecular flexibility index (Phi) is 7.83. The Morgan fingerprint density at radius 1 is 1.04 bits per heavy atom. The van der Waals surface area contributed by atoms with Crippen LogP contribution in [0, 0.1) is 40.7 Å². The summed E-state index contributed by atoms with van der Waals surface area (Å²) < 4.78 is 82.3. The lowest BCUT2D eigenvalue weighted by molar-refractivity contribution is -0.337. The van der Waals surface area contributed by atoms with Crippen molar-refractivity contribution < 1.29 is 51.2 Å². The fourth-order valence-corrected chi connectivity index (χ4v) is 13.4. The van der Waals surface area contributed by atoms with Crippen LogP contribution in [0.25, 0.3) is 0 Å². The minimum absolute atomic E-state index is 0.0891. The van der Waals surface area contributed by atoms with E-state index in [2.05, 4.69) is 9.62 Å². The zero-order valence-corrected chi connectivity index (χ0v) is 29.3. The third-order valence-electron chi connectivity index (χ3n) is 13.8. The maximum absolute atomic E-state index is 14.5. The van der Waals surface area contributed by atoms with Crippen molar-refractivity contribution in [2.45, 2.75) is 85.1 Å². The number of methoxy groups -OCH3 is 3. The molecule has 2 aromatic rings. The first kappa shape index (κ1) is 34.4. The Bertz CT molecular complexity index is 1830. The van der Waals surface area contributed by atoms with Crippen LogP contribution in [0.3, 0.4) is 0 Å². The van der Waals surface area contributed by atoms with Gasteiger partial charge in [0.05, 0.1) is 29.6 Å². The molecule has 6 fully saturated rings. The predicted octanol–water partition coefficient (Wildman–Crippen LogP) is 3.34. The molecule has 1 spiro atoms. The number of nitrogens with zero attached hydrogens (tertiary/aromatic N) is 1. The predicted molar refractivity (Wildman–Crippen MR) is 175 cm³/mol. The van der Waals surface area contributed by atoms with Gasteiger partial charge in [-0.05, 0) is 62.6 Å². The number of hydrogen-bond acceptors (Lipinski definition) is 10. The van der Waals surface area contributed by atoms with Crippen molar-refractivity contribution in [3.8, 4) is 0 Å². The molecule has 272 valence electrons. The average Bonchev–Trinajstić information content (AvgIpc) is 3.52. The highest BCUT2D eigenvalue weighted by molar-refractivity contribution is 7.92. The molecule has 3 N–H and O–H groups in total. The van der Waals surface area contributed by atoms with Crippen molar-refractivity contribution in [2.75, 3.05) is 39.1 Å². The highest BCUT2D eigenvalue weighted by Crippen LogP contribution is 2.79. The lowest BCUT2D eigenvalue weighted by Gasteiger charge is -2.70. The van der Waals surface area contributed by atoms with Crippen LogP contribution in [0.5, 0.6) is 0 Å². The second-order valence-corrected chi connectivity index (χ2v) is 16.8. The number of sulfonamides is 1. The molecule has 5 aliphatic carbocycles. The number of nitrogens with one attached hydrogen (secondary N) is 1. The lowest BCUT2D eigenvalue weighted by atomic mass is 9.44. The van der Waals surface area contributed by atoms with Gasteiger partial charge in [-0.25, -0.2) is 22.0 Å². The van der Waals surface area contributed by atoms with E-state index in [1.807, 2.05) is 6.92 Å². The third kappa shape index (κ3) is 4.15. The van der Waals surface area contributed by atoms with E-state index < -0.39 is 72.7 Å². The number of likely N-dealkylation sites (tertiary alicyclic amines) is 1. The number of hydrogen-bond donors (Lipinski definition) is 3. The topological polar surface area (TPSA) is 144 Å². The fourth-order valence-electron chi connectivity index (χ4n) is 12.3. The van der Waals surface area contributed by atoms with Gasteiger partial charge in [-0.1, -0.05) is 19.1 Å². The molecule has 50 heavy (non-hydrogen) atoms. The van der Waals surface area contributed by atoms with Crippen molar-refractivity contribution in [3.05, 3.63) is 59.7 Å². The van der Waals surface area contributed by atoms with E-state index >= 15 is 0 Å². The first-order valence-electron chi connectivity index (χ1n) is 17.3. The SMILES string of the molecule is CCN1C[C@]2(OC(=O)c3ccccc3NS(=O)(=O)c3cc(F)ccc3F)CC[C@H](OC)[C@]34C1[C@H](C[C@H]23)[C@@]1(O)C[C@H](OC)[C@H]2C[C@@H]4[C@]1(O)[C@H]2OC. The smallest absolute Gasteiger partial charge is 0.340 e. The molecule has 5 saturated carbocycles. The number of piperidine rings is 1. The zero-order chi connectivity index (χ0) is 35.6. The molecule has 1 unspecified atom stereocenters. The molecule has 0 aromatic heterocycles. The number of carbonyl (C=O) groups excluding carboxylic acids is 1. The van der Waals surface area contributed by atoms with Gasteiger partial charge >= 0.3 is 5.97 Å². The van der Waals surface area contributed by atoms with Crippen LogP contribution in [-0.2, 0) is 29.0 Å². The Hall–Kier alpha value is -2.72. The number of halogens is 2. The Labute approximate surface area is 290 Å². The van der Waals surface area contributed by atoms with E-state index in [1.54, 1.807) is 27.4 Å². The molecular weight excluding hydrogens is 674 g/mol. The first-order valence-corrected chi connectivity index (χ1v) is 18.8. The van der Waals surface area contributed by atoms with Crippen LogP contribution in [-0.4, -0.2) is 105 Å². The summed E-state index contributed by atoms with van der Waals surface area (Å²) in [6.07, 6.45) is 0.968. The summed E-state index contributed by atoms with van der Waals surface area (Å²) in [6, 6.07) is 7.83. The number of fused-ring (bicyclic) bond motifs is 2. The van der Waals surface area contributed by atoms with E-state index in [1.165, 1.54) is 18.2 Å². The van der Waals surface area contributed by atoms with Gasteiger partial charge in [0.2, 0.25) is 0 Å². The van der Waals surface area contributed by atoms with E-state index in [-0.39, 0.29) is 47.8 Å². The highest BCUT2D eigenvalue weighted by atomic mass is 32.2. The number of benzene rings is 2. The van der Waals surface area contributed by atoms with E-state index in [0.717, 1.165) is 12.1 Å². The molecule has 1 saturated heterocycles. The maximum Gasteiger partial charge on any atom is 0.340 e. The minimum atomic E-state index is -4.64. The van der Waals surface area contributed by atoms with Crippen LogP contribution in [0.1, 0.15) is 49.4 Å². The van der Waals surface area contributed by atoms with Crippen LogP contribution >= 0.6 is 0 Å². The normalized spacial score (nSPS) is 42.7. The summed E-state index contributed by atoms with van der Waals surface area (Å²) in [6.45, 7) is 3.01. The van der Waals surface area contributed by atoms with Gasteiger partial charge in [0.1, 0.15) is 33.3 Å². The number of aliphatic hydroxyl groups is 2. The largest absolute Gasteiger partial charge is 0.454 e. The zero-order valence-electron chi connectivity index (χ0n) is 28.5.